The van der Waals surface area contributed by atoms with Gasteiger partial charge >= 0.3 is 0 Å². The van der Waals surface area contributed by atoms with Gasteiger partial charge in [0.2, 0.25) is 0 Å². The summed E-state index contributed by atoms with van der Waals surface area (Å²) >= 11 is 3.50. The van der Waals surface area contributed by atoms with Crippen LogP contribution < -0.4 is 4.74 Å². The Labute approximate surface area is 111 Å². The van der Waals surface area contributed by atoms with Gasteiger partial charge in [-0.2, -0.15) is 0 Å². The number of methoxy groups -OCH3 is 1. The minimum absolute atomic E-state index is 0.178. The molecule has 0 amide bonds. The topological polar surface area (TPSA) is 49.7 Å². The Bertz CT molecular complexity index is 375. The fourth-order valence-corrected chi connectivity index (χ4v) is 2.28. The smallest absolute Gasteiger partial charge is 0.151 e. The van der Waals surface area contributed by atoms with Gasteiger partial charge in [-0.15, -0.1) is 0 Å². The molecular formula is C13H19BrO3. The van der Waals surface area contributed by atoms with Crippen molar-refractivity contribution in [3.05, 3.63) is 28.2 Å². The molecule has 2 N–H and O–H groups in total. The molecule has 0 saturated carbocycles. The standard InChI is InChI=1S/C13H19BrO3/c1-13(2,8-12(15)16)7-9-6-10(17-3)4-5-11(9)14/h4-6,12,15-16H,7-8H2,1-3H3. The van der Waals surface area contributed by atoms with E-state index >= 15 is 0 Å². The van der Waals surface area contributed by atoms with Gasteiger partial charge in [-0.25, -0.2) is 0 Å². The highest BCUT2D eigenvalue weighted by Crippen LogP contribution is 2.32. The Morgan fingerprint density at radius 1 is 1.35 bits per heavy atom. The molecule has 0 heterocycles. The van der Waals surface area contributed by atoms with Crippen LogP contribution in [0.3, 0.4) is 0 Å². The highest BCUT2D eigenvalue weighted by Gasteiger charge is 2.22. The van der Waals surface area contributed by atoms with Gasteiger partial charge in [0, 0.05) is 10.9 Å². The van der Waals surface area contributed by atoms with Crippen LogP contribution in [-0.2, 0) is 6.42 Å². The first-order valence-corrected chi connectivity index (χ1v) is 6.32. The summed E-state index contributed by atoms with van der Waals surface area (Å²) in [6.45, 7) is 4.02. The van der Waals surface area contributed by atoms with E-state index in [0.717, 1.165) is 22.2 Å². The number of hydrogen-bond acceptors (Lipinski definition) is 3. The Morgan fingerprint density at radius 3 is 2.53 bits per heavy atom. The Hall–Kier alpha value is -0.580. The first-order valence-electron chi connectivity index (χ1n) is 5.52. The molecule has 1 rings (SSSR count). The van der Waals surface area contributed by atoms with Crippen LogP contribution in [-0.4, -0.2) is 23.6 Å². The maximum atomic E-state index is 9.06. The average molecular weight is 303 g/mol. The van der Waals surface area contributed by atoms with Crippen LogP contribution in [0.15, 0.2) is 22.7 Å². The zero-order chi connectivity index (χ0) is 13.1. The molecule has 0 spiro atoms. The number of aliphatic hydroxyl groups is 2. The molecule has 0 fully saturated rings. The largest absolute Gasteiger partial charge is 0.497 e. The van der Waals surface area contributed by atoms with Crippen molar-refractivity contribution in [1.29, 1.82) is 0 Å². The van der Waals surface area contributed by atoms with Crippen molar-refractivity contribution >= 4 is 15.9 Å². The van der Waals surface area contributed by atoms with Gasteiger partial charge in [0.25, 0.3) is 0 Å². The van der Waals surface area contributed by atoms with Crippen molar-refractivity contribution in [2.75, 3.05) is 7.11 Å². The molecule has 0 atom stereocenters. The van der Waals surface area contributed by atoms with E-state index in [1.54, 1.807) is 7.11 Å². The zero-order valence-electron chi connectivity index (χ0n) is 10.4. The van der Waals surface area contributed by atoms with Crippen LogP contribution in [0.4, 0.5) is 0 Å². The fourth-order valence-electron chi connectivity index (χ4n) is 1.90. The van der Waals surface area contributed by atoms with Gasteiger partial charge in [0.1, 0.15) is 5.75 Å². The predicted molar refractivity (Wildman–Crippen MR) is 71.0 cm³/mol. The summed E-state index contributed by atoms with van der Waals surface area (Å²) in [5.41, 5.74) is 0.929. The van der Waals surface area contributed by atoms with E-state index in [-0.39, 0.29) is 5.41 Å². The number of rotatable bonds is 5. The van der Waals surface area contributed by atoms with Crippen LogP contribution >= 0.6 is 15.9 Å². The molecule has 0 bridgehead atoms. The van der Waals surface area contributed by atoms with E-state index in [0.29, 0.717) is 6.42 Å². The minimum Gasteiger partial charge on any atom is -0.497 e. The third kappa shape index (κ3) is 4.66. The van der Waals surface area contributed by atoms with E-state index in [2.05, 4.69) is 15.9 Å². The van der Waals surface area contributed by atoms with Crippen molar-refractivity contribution in [3.63, 3.8) is 0 Å². The van der Waals surface area contributed by atoms with Gasteiger partial charge < -0.3 is 14.9 Å². The Kier molecular flexibility index (Phi) is 4.98. The maximum Gasteiger partial charge on any atom is 0.151 e. The van der Waals surface area contributed by atoms with E-state index in [4.69, 9.17) is 14.9 Å². The summed E-state index contributed by atoms with van der Waals surface area (Å²) in [5.74, 6) is 0.809. The van der Waals surface area contributed by atoms with Gasteiger partial charge in [-0.3, -0.25) is 0 Å². The van der Waals surface area contributed by atoms with Crippen LogP contribution in [0.5, 0.6) is 5.75 Å². The summed E-state index contributed by atoms with van der Waals surface area (Å²) in [5, 5.41) is 18.1. The van der Waals surface area contributed by atoms with Gasteiger partial charge in [-0.05, 0) is 35.6 Å². The first-order chi connectivity index (χ1) is 7.84. The molecular weight excluding hydrogens is 284 g/mol. The quantitative estimate of drug-likeness (QED) is 0.822. The van der Waals surface area contributed by atoms with Crippen molar-refractivity contribution in [2.24, 2.45) is 5.41 Å². The first kappa shape index (κ1) is 14.5. The summed E-state index contributed by atoms with van der Waals surface area (Å²) in [6, 6.07) is 5.80. The third-order valence-electron chi connectivity index (χ3n) is 2.66. The monoisotopic (exact) mass is 302 g/mol. The highest BCUT2D eigenvalue weighted by molar-refractivity contribution is 9.10. The average Bonchev–Trinajstić information content (AvgIpc) is 2.19. The lowest BCUT2D eigenvalue weighted by Gasteiger charge is -2.26. The number of ether oxygens (including phenoxy) is 1. The predicted octanol–water partition coefficient (Wildman–Crippen LogP) is 2.73. The molecule has 4 heteroatoms. The lowest BCUT2D eigenvalue weighted by molar-refractivity contribution is -0.0673. The second-order valence-electron chi connectivity index (χ2n) is 4.98. The van der Waals surface area contributed by atoms with Crippen molar-refractivity contribution in [3.8, 4) is 5.75 Å². The summed E-state index contributed by atoms with van der Waals surface area (Å²) < 4.78 is 6.20. The molecule has 0 aliphatic rings. The van der Waals surface area contributed by atoms with Crippen molar-refractivity contribution in [2.45, 2.75) is 33.0 Å². The zero-order valence-corrected chi connectivity index (χ0v) is 12.0. The summed E-state index contributed by atoms with van der Waals surface area (Å²) in [4.78, 5) is 0. The van der Waals surface area contributed by atoms with Crippen LogP contribution in [0.2, 0.25) is 0 Å². The summed E-state index contributed by atoms with van der Waals surface area (Å²) in [6.07, 6.45) is -0.173. The molecule has 1 aromatic rings. The highest BCUT2D eigenvalue weighted by atomic mass is 79.9. The van der Waals surface area contributed by atoms with Crippen LogP contribution in [0, 0.1) is 5.41 Å². The lowest BCUT2D eigenvalue weighted by Crippen LogP contribution is -2.22. The number of benzene rings is 1. The molecule has 17 heavy (non-hydrogen) atoms. The fraction of sp³-hybridized carbons (Fsp3) is 0.538. The van der Waals surface area contributed by atoms with Crippen LogP contribution in [0.25, 0.3) is 0 Å². The third-order valence-corrected chi connectivity index (χ3v) is 3.43. The van der Waals surface area contributed by atoms with E-state index in [1.807, 2.05) is 32.0 Å². The SMILES string of the molecule is COc1ccc(Br)c(CC(C)(C)CC(O)O)c1. The van der Waals surface area contributed by atoms with E-state index in [9.17, 15) is 0 Å². The number of hydrogen-bond donors (Lipinski definition) is 2. The molecule has 0 saturated heterocycles. The number of halogens is 1. The molecule has 3 nitrogen and oxygen atoms in total. The molecule has 0 aliphatic carbocycles. The Morgan fingerprint density at radius 2 is 2.00 bits per heavy atom. The normalized spacial score (nSPS) is 11.9. The number of aliphatic hydroxyl groups excluding tert-OH is 1. The molecule has 96 valence electrons. The molecule has 0 aromatic heterocycles. The summed E-state index contributed by atoms with van der Waals surface area (Å²) in [7, 11) is 1.63. The molecule has 1 aromatic carbocycles. The Balaban J connectivity index is 2.86. The molecule has 0 aliphatic heterocycles. The minimum atomic E-state index is -1.27. The van der Waals surface area contributed by atoms with Crippen LogP contribution in [0.1, 0.15) is 25.8 Å². The van der Waals surface area contributed by atoms with Gasteiger partial charge in [0.15, 0.2) is 6.29 Å². The lowest BCUT2D eigenvalue weighted by atomic mass is 9.82. The van der Waals surface area contributed by atoms with Gasteiger partial charge in [-0.1, -0.05) is 29.8 Å². The van der Waals surface area contributed by atoms with Gasteiger partial charge in [0.05, 0.1) is 7.11 Å². The van der Waals surface area contributed by atoms with Crippen molar-refractivity contribution in [1.82, 2.24) is 0 Å². The van der Waals surface area contributed by atoms with E-state index in [1.165, 1.54) is 0 Å². The van der Waals surface area contributed by atoms with Crippen molar-refractivity contribution < 1.29 is 14.9 Å². The molecule has 0 radical (unpaired) electrons. The maximum absolute atomic E-state index is 9.06. The van der Waals surface area contributed by atoms with E-state index < -0.39 is 6.29 Å². The molecule has 0 unspecified atom stereocenters. The second-order valence-corrected chi connectivity index (χ2v) is 5.84. The second kappa shape index (κ2) is 5.85.